The molecule has 0 radical (unpaired) electrons. The molecule has 9 heteroatoms. The first-order valence-corrected chi connectivity index (χ1v) is 12.2. The molecule has 0 aromatic carbocycles. The number of Topliss-reactive ketones (excluding diaryl/α,β-unsaturated/α-hetero) is 1. The fourth-order valence-electron chi connectivity index (χ4n) is 7.44. The van der Waals surface area contributed by atoms with E-state index in [1.165, 1.54) is 7.11 Å². The highest BCUT2D eigenvalue weighted by Crippen LogP contribution is 2.64. The van der Waals surface area contributed by atoms with Gasteiger partial charge in [0.05, 0.1) is 13.2 Å². The van der Waals surface area contributed by atoms with E-state index in [-0.39, 0.29) is 55.1 Å². The number of fused-ring (bicyclic) bond motifs is 5. The van der Waals surface area contributed by atoms with Gasteiger partial charge in [-0.2, -0.15) is 13.2 Å². The first-order valence-electron chi connectivity index (χ1n) is 12.2. The molecule has 4 aliphatic carbocycles. The summed E-state index contributed by atoms with van der Waals surface area (Å²) in [5.41, 5.74) is -0.191. The van der Waals surface area contributed by atoms with Crippen molar-refractivity contribution >= 4 is 17.5 Å². The summed E-state index contributed by atoms with van der Waals surface area (Å²) < 4.78 is 50.9. The third-order valence-electron chi connectivity index (χ3n) is 9.08. The van der Waals surface area contributed by atoms with Gasteiger partial charge in [0, 0.05) is 37.3 Å². The van der Waals surface area contributed by atoms with Crippen LogP contribution in [0.2, 0.25) is 0 Å². The molecule has 5 atom stereocenters. The summed E-state index contributed by atoms with van der Waals surface area (Å²) in [7, 11) is 1.46. The van der Waals surface area contributed by atoms with Crippen LogP contribution < -0.4 is 0 Å². The van der Waals surface area contributed by atoms with Gasteiger partial charge in [-0.25, -0.2) is 0 Å². The van der Waals surface area contributed by atoms with Crippen LogP contribution >= 0.6 is 0 Å². The molecule has 3 saturated carbocycles. The van der Waals surface area contributed by atoms with Gasteiger partial charge < -0.3 is 14.4 Å². The molecule has 4 aliphatic rings. The molecular formula is C25H34F3NO5. The number of rotatable bonds is 7. The summed E-state index contributed by atoms with van der Waals surface area (Å²) >= 11 is 0. The van der Waals surface area contributed by atoms with Gasteiger partial charge in [-0.05, 0) is 62.4 Å². The lowest BCUT2D eigenvalue weighted by Gasteiger charge is -2.58. The van der Waals surface area contributed by atoms with Crippen molar-refractivity contribution in [3.63, 3.8) is 0 Å². The van der Waals surface area contributed by atoms with E-state index in [2.05, 4.69) is 6.92 Å². The highest BCUT2D eigenvalue weighted by atomic mass is 19.4. The van der Waals surface area contributed by atoms with Crippen molar-refractivity contribution in [1.29, 1.82) is 0 Å². The first-order chi connectivity index (χ1) is 16.0. The summed E-state index contributed by atoms with van der Waals surface area (Å²) in [5.74, 6) is -1.19. The number of methoxy groups -OCH3 is 1. The zero-order valence-corrected chi connectivity index (χ0v) is 19.9. The molecule has 0 aromatic heterocycles. The minimum atomic E-state index is -5.02. The van der Waals surface area contributed by atoms with Crippen LogP contribution in [0, 0.1) is 28.6 Å². The minimum absolute atomic E-state index is 0.00851. The van der Waals surface area contributed by atoms with Gasteiger partial charge in [0.1, 0.15) is 12.5 Å². The Bertz CT molecular complexity index is 871. The normalized spacial score (nSPS) is 35.3. The van der Waals surface area contributed by atoms with Crippen LogP contribution in [-0.2, 0) is 23.9 Å². The minimum Gasteiger partial charge on any atom is -0.382 e. The second-order valence-electron chi connectivity index (χ2n) is 10.7. The Morgan fingerprint density at radius 1 is 1.09 bits per heavy atom. The van der Waals surface area contributed by atoms with Crippen molar-refractivity contribution < 1.29 is 37.0 Å². The summed E-state index contributed by atoms with van der Waals surface area (Å²) in [5, 5.41) is 0. The molecule has 0 spiro atoms. The molecule has 0 aliphatic heterocycles. The van der Waals surface area contributed by atoms with Crippen molar-refractivity contribution in [2.75, 3.05) is 33.6 Å². The topological polar surface area (TPSA) is 72.9 Å². The zero-order valence-electron chi connectivity index (χ0n) is 19.9. The second kappa shape index (κ2) is 9.37. The van der Waals surface area contributed by atoms with E-state index in [0.717, 1.165) is 23.3 Å². The summed E-state index contributed by atoms with van der Waals surface area (Å²) in [6.45, 7) is 1.71. The van der Waals surface area contributed by atoms with Gasteiger partial charge >= 0.3 is 12.1 Å². The van der Waals surface area contributed by atoms with Crippen LogP contribution in [0.15, 0.2) is 11.6 Å². The number of hydrogen-bond acceptors (Lipinski definition) is 5. The van der Waals surface area contributed by atoms with E-state index in [1.54, 1.807) is 6.08 Å². The maximum Gasteiger partial charge on any atom is 0.471 e. The smallest absolute Gasteiger partial charge is 0.382 e. The van der Waals surface area contributed by atoms with Crippen LogP contribution in [-0.4, -0.2) is 62.1 Å². The Balaban J connectivity index is 1.67. The molecule has 0 N–H and O–H groups in total. The van der Waals surface area contributed by atoms with E-state index in [0.29, 0.717) is 37.9 Å². The number of halogens is 3. The van der Waals surface area contributed by atoms with Crippen molar-refractivity contribution in [1.82, 2.24) is 4.90 Å². The maximum absolute atomic E-state index is 13.5. The van der Waals surface area contributed by atoms with E-state index >= 15 is 0 Å². The number of ether oxygens (including phenoxy) is 2. The van der Waals surface area contributed by atoms with E-state index in [1.807, 2.05) is 0 Å². The first kappa shape index (κ1) is 25.4. The molecule has 0 heterocycles. The predicted molar refractivity (Wildman–Crippen MR) is 117 cm³/mol. The van der Waals surface area contributed by atoms with Gasteiger partial charge in [0.15, 0.2) is 5.78 Å². The van der Waals surface area contributed by atoms with Gasteiger partial charge in [0.25, 0.3) is 0 Å². The lowest BCUT2D eigenvalue weighted by atomic mass is 9.47. The molecule has 0 bridgehead atoms. The molecular weight excluding hydrogens is 451 g/mol. The van der Waals surface area contributed by atoms with Crippen molar-refractivity contribution in [3.8, 4) is 0 Å². The molecule has 190 valence electrons. The van der Waals surface area contributed by atoms with Crippen LogP contribution in [0.4, 0.5) is 13.2 Å². The Kier molecular flexibility index (Phi) is 6.99. The number of amides is 1. The Hall–Kier alpha value is -1.74. The third-order valence-corrected chi connectivity index (χ3v) is 9.08. The Morgan fingerprint density at radius 3 is 2.56 bits per heavy atom. The van der Waals surface area contributed by atoms with Crippen molar-refractivity contribution in [2.45, 2.75) is 64.5 Å². The molecule has 0 saturated heterocycles. The van der Waals surface area contributed by atoms with Crippen LogP contribution in [0.1, 0.15) is 58.3 Å². The quantitative estimate of drug-likeness (QED) is 0.401. The monoisotopic (exact) mass is 485 g/mol. The summed E-state index contributed by atoms with van der Waals surface area (Å²) in [6.07, 6.45) is 1.53. The lowest BCUT2D eigenvalue weighted by Crippen LogP contribution is -2.57. The Morgan fingerprint density at radius 2 is 1.85 bits per heavy atom. The summed E-state index contributed by atoms with van der Waals surface area (Å²) in [4.78, 5) is 38.2. The maximum atomic E-state index is 13.5. The van der Waals surface area contributed by atoms with Gasteiger partial charge in [-0.1, -0.05) is 12.5 Å². The third kappa shape index (κ3) is 4.34. The zero-order chi connectivity index (χ0) is 24.7. The molecule has 34 heavy (non-hydrogen) atoms. The largest absolute Gasteiger partial charge is 0.471 e. The molecule has 6 nitrogen and oxygen atoms in total. The average Bonchev–Trinajstić information content (AvgIpc) is 3.09. The molecule has 0 aromatic rings. The highest BCUT2D eigenvalue weighted by Gasteiger charge is 2.61. The number of ketones is 2. The van der Waals surface area contributed by atoms with E-state index in [4.69, 9.17) is 9.47 Å². The van der Waals surface area contributed by atoms with E-state index < -0.39 is 24.2 Å². The van der Waals surface area contributed by atoms with E-state index in [9.17, 15) is 27.6 Å². The number of carbonyl (C=O) groups is 3. The van der Waals surface area contributed by atoms with Crippen LogP contribution in [0.3, 0.4) is 0 Å². The number of carbonyl (C=O) groups excluding carboxylic acids is 3. The second-order valence-corrected chi connectivity index (χ2v) is 10.7. The fraction of sp³-hybridized carbons (Fsp3) is 0.800. The molecule has 1 amide bonds. The van der Waals surface area contributed by atoms with Crippen LogP contribution in [0.25, 0.3) is 0 Å². The standard InChI is InChI=1S/C25H34F3NO5/c1-23-9-8-20-18(19(23)5-6-21(23)31)4-3-16-13-17(30)7-10-24(16,20)14-29(15-34-12-11-33-2)22(32)25(26,27)28/h13,18-20H,3-12,14-15H2,1-2H3/t18-,19-,20-,23-,24+/m0/s1. The average molecular weight is 486 g/mol. The van der Waals surface area contributed by atoms with Crippen molar-refractivity contribution in [3.05, 3.63) is 11.6 Å². The molecule has 4 rings (SSSR count). The number of nitrogens with zero attached hydrogens (tertiary/aromatic N) is 1. The fourth-order valence-corrected chi connectivity index (χ4v) is 7.44. The Labute approximate surface area is 198 Å². The number of hydrogen-bond donors (Lipinski definition) is 0. The van der Waals surface area contributed by atoms with Gasteiger partial charge in [-0.15, -0.1) is 0 Å². The predicted octanol–water partition coefficient (Wildman–Crippen LogP) is 4.08. The highest BCUT2D eigenvalue weighted by molar-refractivity contribution is 5.92. The van der Waals surface area contributed by atoms with Gasteiger partial charge in [0.2, 0.25) is 0 Å². The SMILES string of the molecule is COCCOCN(C[C@]12CCC(=O)C=C1CC[C@@H]1[C@@H]2CC[C@]2(C)C(=O)CC[C@@H]12)C(=O)C(F)(F)F. The van der Waals surface area contributed by atoms with Gasteiger partial charge in [-0.3, -0.25) is 14.4 Å². The summed E-state index contributed by atoms with van der Waals surface area (Å²) in [6, 6.07) is 0. The lowest BCUT2D eigenvalue weighted by molar-refractivity contribution is -0.194. The van der Waals surface area contributed by atoms with Crippen molar-refractivity contribution in [2.24, 2.45) is 28.6 Å². The molecule has 3 fully saturated rings. The number of alkyl halides is 3. The molecule has 0 unspecified atom stereocenters. The van der Waals surface area contributed by atoms with Crippen LogP contribution in [0.5, 0.6) is 0 Å².